The van der Waals surface area contributed by atoms with E-state index in [-0.39, 0.29) is 12.5 Å². The molecule has 20 heavy (non-hydrogen) atoms. The van der Waals surface area contributed by atoms with Gasteiger partial charge in [-0.05, 0) is 30.5 Å². The van der Waals surface area contributed by atoms with Crippen molar-refractivity contribution in [3.05, 3.63) is 34.3 Å². The lowest BCUT2D eigenvalue weighted by molar-refractivity contribution is -0.130. The molecule has 0 radical (unpaired) electrons. The Morgan fingerprint density at radius 1 is 1.25 bits per heavy atom. The van der Waals surface area contributed by atoms with Gasteiger partial charge >= 0.3 is 0 Å². The number of nitrogens with two attached hydrogens (primary N) is 1. The summed E-state index contributed by atoms with van der Waals surface area (Å²) in [5, 5.41) is 2.68. The van der Waals surface area contributed by atoms with Crippen molar-refractivity contribution < 1.29 is 9.59 Å². The van der Waals surface area contributed by atoms with Gasteiger partial charge in [0, 0.05) is 4.47 Å². The number of nitrogens with one attached hydrogen (secondary N) is 1. The number of amides is 2. The van der Waals surface area contributed by atoms with Crippen LogP contribution in [0.2, 0.25) is 0 Å². The summed E-state index contributed by atoms with van der Waals surface area (Å²) in [6, 6.07) is 7.87. The molecule has 0 aliphatic heterocycles. The van der Waals surface area contributed by atoms with E-state index < -0.39 is 11.3 Å². The van der Waals surface area contributed by atoms with Crippen molar-refractivity contribution in [3.8, 4) is 0 Å². The standard InChI is InChI=1S/C15H19BrN2O2/c16-12-6-4-5-11(9-12)15(7-2-1-3-8-15)14(20)18-10-13(17)19/h4-6,9H,1-3,7-8,10H2,(H2,17,19)(H,18,20). The molecule has 108 valence electrons. The summed E-state index contributed by atoms with van der Waals surface area (Å²) in [7, 11) is 0. The summed E-state index contributed by atoms with van der Waals surface area (Å²) >= 11 is 3.46. The molecule has 2 rings (SSSR count). The van der Waals surface area contributed by atoms with Crippen molar-refractivity contribution in [2.45, 2.75) is 37.5 Å². The smallest absolute Gasteiger partial charge is 0.236 e. The predicted octanol–water partition coefficient (Wildman–Crippen LogP) is 2.25. The molecule has 2 amide bonds. The largest absolute Gasteiger partial charge is 0.368 e. The number of carbonyl (C=O) groups excluding carboxylic acids is 2. The monoisotopic (exact) mass is 338 g/mol. The minimum atomic E-state index is -0.530. The van der Waals surface area contributed by atoms with Crippen LogP contribution >= 0.6 is 15.9 Å². The Morgan fingerprint density at radius 2 is 1.95 bits per heavy atom. The Bertz CT molecular complexity index is 510. The predicted molar refractivity (Wildman–Crippen MR) is 81.1 cm³/mol. The van der Waals surface area contributed by atoms with Crippen LogP contribution in [0, 0.1) is 0 Å². The molecule has 1 aliphatic carbocycles. The maximum atomic E-state index is 12.6. The molecule has 1 aliphatic rings. The van der Waals surface area contributed by atoms with Gasteiger partial charge in [-0.3, -0.25) is 9.59 Å². The number of benzene rings is 1. The zero-order valence-corrected chi connectivity index (χ0v) is 12.9. The molecule has 3 N–H and O–H groups in total. The lowest BCUT2D eigenvalue weighted by Gasteiger charge is -2.36. The van der Waals surface area contributed by atoms with Crippen molar-refractivity contribution in [2.24, 2.45) is 5.73 Å². The third-order valence-corrected chi connectivity index (χ3v) is 4.44. The molecule has 0 saturated heterocycles. The number of halogens is 1. The van der Waals surface area contributed by atoms with Gasteiger partial charge in [-0.2, -0.15) is 0 Å². The molecular weight excluding hydrogens is 320 g/mol. The molecule has 0 heterocycles. The average molecular weight is 339 g/mol. The second-order valence-corrected chi connectivity index (χ2v) is 6.22. The first-order valence-corrected chi connectivity index (χ1v) is 7.66. The second-order valence-electron chi connectivity index (χ2n) is 5.30. The van der Waals surface area contributed by atoms with E-state index in [9.17, 15) is 9.59 Å². The van der Waals surface area contributed by atoms with Gasteiger partial charge in [-0.15, -0.1) is 0 Å². The molecule has 1 aromatic carbocycles. The summed E-state index contributed by atoms with van der Waals surface area (Å²) in [6.07, 6.45) is 4.83. The highest BCUT2D eigenvalue weighted by Gasteiger charge is 2.41. The zero-order valence-electron chi connectivity index (χ0n) is 11.3. The van der Waals surface area contributed by atoms with E-state index in [4.69, 9.17) is 5.73 Å². The van der Waals surface area contributed by atoms with Crippen LogP contribution in [0.25, 0.3) is 0 Å². The van der Waals surface area contributed by atoms with E-state index in [0.717, 1.165) is 42.1 Å². The van der Waals surface area contributed by atoms with Crippen LogP contribution in [-0.4, -0.2) is 18.4 Å². The van der Waals surface area contributed by atoms with Crippen LogP contribution in [0.4, 0.5) is 0 Å². The Kier molecular flexibility index (Phi) is 4.81. The topological polar surface area (TPSA) is 72.2 Å². The quantitative estimate of drug-likeness (QED) is 0.883. The SMILES string of the molecule is NC(=O)CNC(=O)C1(c2cccc(Br)c2)CCCCC1. The fourth-order valence-electron chi connectivity index (χ4n) is 2.92. The van der Waals surface area contributed by atoms with Gasteiger partial charge in [-0.25, -0.2) is 0 Å². The Balaban J connectivity index is 2.30. The van der Waals surface area contributed by atoms with Crippen LogP contribution in [0.1, 0.15) is 37.7 Å². The summed E-state index contributed by atoms with van der Waals surface area (Å²) < 4.78 is 0.961. The van der Waals surface area contributed by atoms with Crippen LogP contribution in [0.15, 0.2) is 28.7 Å². The number of primary amides is 1. The van der Waals surface area contributed by atoms with E-state index in [1.165, 1.54) is 0 Å². The van der Waals surface area contributed by atoms with Gasteiger partial charge in [0.1, 0.15) is 0 Å². The minimum Gasteiger partial charge on any atom is -0.368 e. The first kappa shape index (κ1) is 15.0. The maximum Gasteiger partial charge on any atom is 0.236 e. The molecule has 0 aromatic heterocycles. The first-order valence-electron chi connectivity index (χ1n) is 6.87. The molecule has 1 fully saturated rings. The normalized spacial score (nSPS) is 17.4. The summed E-state index contributed by atoms with van der Waals surface area (Å²) in [4.78, 5) is 23.5. The summed E-state index contributed by atoms with van der Waals surface area (Å²) in [6.45, 7) is -0.103. The fourth-order valence-corrected chi connectivity index (χ4v) is 3.32. The van der Waals surface area contributed by atoms with Crippen LogP contribution in [-0.2, 0) is 15.0 Å². The lowest BCUT2D eigenvalue weighted by atomic mass is 9.68. The summed E-state index contributed by atoms with van der Waals surface area (Å²) in [5.74, 6) is -0.604. The van der Waals surface area contributed by atoms with Crippen LogP contribution in [0.5, 0.6) is 0 Å². The molecule has 5 heteroatoms. The highest BCUT2D eigenvalue weighted by Crippen LogP contribution is 2.40. The highest BCUT2D eigenvalue weighted by atomic mass is 79.9. The number of hydrogen-bond donors (Lipinski definition) is 2. The van der Waals surface area contributed by atoms with Gasteiger partial charge in [0.2, 0.25) is 11.8 Å². The molecule has 1 aromatic rings. The first-order chi connectivity index (χ1) is 9.54. The molecule has 4 nitrogen and oxygen atoms in total. The minimum absolute atomic E-state index is 0.0888. The molecular formula is C15H19BrN2O2. The third kappa shape index (κ3) is 3.20. The molecule has 0 spiro atoms. The van der Waals surface area contributed by atoms with Crippen LogP contribution < -0.4 is 11.1 Å². The van der Waals surface area contributed by atoms with E-state index >= 15 is 0 Å². The van der Waals surface area contributed by atoms with Gasteiger partial charge in [0.25, 0.3) is 0 Å². The number of carbonyl (C=O) groups is 2. The van der Waals surface area contributed by atoms with Crippen molar-refractivity contribution in [1.82, 2.24) is 5.32 Å². The van der Waals surface area contributed by atoms with Crippen molar-refractivity contribution in [2.75, 3.05) is 6.54 Å². The Morgan fingerprint density at radius 3 is 2.55 bits per heavy atom. The molecule has 0 atom stereocenters. The average Bonchev–Trinajstić information content (AvgIpc) is 2.45. The third-order valence-electron chi connectivity index (χ3n) is 3.94. The second kappa shape index (κ2) is 6.39. The van der Waals surface area contributed by atoms with Gasteiger partial charge in [-0.1, -0.05) is 47.3 Å². The zero-order chi connectivity index (χ0) is 14.6. The van der Waals surface area contributed by atoms with Gasteiger partial charge in [0.15, 0.2) is 0 Å². The van der Waals surface area contributed by atoms with E-state index in [0.29, 0.717) is 0 Å². The highest BCUT2D eigenvalue weighted by molar-refractivity contribution is 9.10. The lowest BCUT2D eigenvalue weighted by Crippen LogP contribution is -2.48. The van der Waals surface area contributed by atoms with E-state index in [1.807, 2.05) is 24.3 Å². The number of hydrogen-bond acceptors (Lipinski definition) is 2. The van der Waals surface area contributed by atoms with Crippen molar-refractivity contribution >= 4 is 27.7 Å². The van der Waals surface area contributed by atoms with E-state index in [2.05, 4.69) is 21.2 Å². The van der Waals surface area contributed by atoms with E-state index in [1.54, 1.807) is 0 Å². The summed E-state index contributed by atoms with van der Waals surface area (Å²) in [5.41, 5.74) is 5.59. The maximum absolute atomic E-state index is 12.6. The molecule has 0 unspecified atom stereocenters. The van der Waals surface area contributed by atoms with Crippen molar-refractivity contribution in [3.63, 3.8) is 0 Å². The molecule has 1 saturated carbocycles. The number of rotatable bonds is 4. The Hall–Kier alpha value is -1.36. The Labute approximate surface area is 127 Å². The van der Waals surface area contributed by atoms with Crippen molar-refractivity contribution in [1.29, 1.82) is 0 Å². The van der Waals surface area contributed by atoms with Gasteiger partial charge in [0.05, 0.1) is 12.0 Å². The fraction of sp³-hybridized carbons (Fsp3) is 0.467. The van der Waals surface area contributed by atoms with Gasteiger partial charge < -0.3 is 11.1 Å². The van der Waals surface area contributed by atoms with Crippen LogP contribution in [0.3, 0.4) is 0 Å². The molecule has 0 bridgehead atoms.